The number of amides is 1. The molecule has 0 atom stereocenters. The number of nitrogens with zero attached hydrogens (tertiary/aromatic N) is 1. The van der Waals surface area contributed by atoms with Crippen LogP contribution in [0, 0.1) is 11.3 Å². The van der Waals surface area contributed by atoms with E-state index < -0.39 is 5.91 Å². The highest BCUT2D eigenvalue weighted by Crippen LogP contribution is 2.21. The molecule has 6 heteroatoms. The van der Waals surface area contributed by atoms with Gasteiger partial charge in [0.05, 0.1) is 5.69 Å². The molecule has 0 radical (unpaired) electrons. The van der Waals surface area contributed by atoms with E-state index in [9.17, 15) is 9.90 Å². The highest BCUT2D eigenvalue weighted by atomic mass is 16.5. The number of nitrogens with one attached hydrogen (secondary N) is 2. The molecule has 0 aromatic heterocycles. The summed E-state index contributed by atoms with van der Waals surface area (Å²) in [6.45, 7) is 3.86. The van der Waals surface area contributed by atoms with Gasteiger partial charge in [0.1, 0.15) is 17.4 Å². The van der Waals surface area contributed by atoms with Gasteiger partial charge in [-0.3, -0.25) is 4.79 Å². The molecule has 0 unspecified atom stereocenters. The Morgan fingerprint density at radius 2 is 2.09 bits per heavy atom. The van der Waals surface area contributed by atoms with Crippen LogP contribution in [0.3, 0.4) is 0 Å². The lowest BCUT2D eigenvalue weighted by molar-refractivity contribution is -0.117. The Labute approximate surface area is 136 Å². The molecule has 3 N–H and O–H groups in total. The highest BCUT2D eigenvalue weighted by Gasteiger charge is 2.08. The van der Waals surface area contributed by atoms with Crippen molar-refractivity contribution >= 4 is 11.6 Å². The summed E-state index contributed by atoms with van der Waals surface area (Å²) in [5.74, 6) is -0.408. The summed E-state index contributed by atoms with van der Waals surface area (Å²) < 4.78 is 5.39. The number of benzene rings is 1. The van der Waals surface area contributed by atoms with Crippen LogP contribution in [-0.2, 0) is 9.53 Å². The Morgan fingerprint density at radius 1 is 1.35 bits per heavy atom. The Bertz CT molecular complexity index is 564. The number of anilines is 1. The van der Waals surface area contributed by atoms with Gasteiger partial charge in [0, 0.05) is 26.0 Å². The average Bonchev–Trinajstić information content (AvgIpc) is 2.56. The maximum absolute atomic E-state index is 11.9. The van der Waals surface area contributed by atoms with Crippen LogP contribution in [-0.4, -0.2) is 30.8 Å². The fourth-order valence-corrected chi connectivity index (χ4v) is 1.71. The van der Waals surface area contributed by atoms with Gasteiger partial charge in [-0.25, -0.2) is 0 Å². The van der Waals surface area contributed by atoms with E-state index in [-0.39, 0.29) is 11.3 Å². The minimum atomic E-state index is -0.455. The lowest BCUT2D eigenvalue weighted by atomic mass is 10.2. The molecule has 0 saturated heterocycles. The van der Waals surface area contributed by atoms with Crippen molar-refractivity contribution in [3.63, 3.8) is 0 Å². The molecule has 6 nitrogen and oxygen atoms in total. The second-order valence-electron chi connectivity index (χ2n) is 4.91. The summed E-state index contributed by atoms with van der Waals surface area (Å²) in [6, 6.07) is 8.42. The van der Waals surface area contributed by atoms with Gasteiger partial charge in [-0.1, -0.05) is 25.5 Å². The predicted octanol–water partition coefficient (Wildman–Crippen LogP) is 2.53. The van der Waals surface area contributed by atoms with Crippen molar-refractivity contribution in [2.24, 2.45) is 0 Å². The van der Waals surface area contributed by atoms with Crippen molar-refractivity contribution < 1.29 is 14.6 Å². The Kier molecular flexibility index (Phi) is 8.94. The molecule has 0 heterocycles. The van der Waals surface area contributed by atoms with E-state index >= 15 is 0 Å². The Morgan fingerprint density at radius 3 is 2.78 bits per heavy atom. The quantitative estimate of drug-likeness (QED) is 0.267. The molecule has 0 fully saturated rings. The second-order valence-corrected chi connectivity index (χ2v) is 4.91. The predicted molar refractivity (Wildman–Crippen MR) is 88.8 cm³/mol. The molecule has 0 aliphatic carbocycles. The molecule has 23 heavy (non-hydrogen) atoms. The molecule has 1 amide bonds. The number of ether oxygens (including phenoxy) is 1. The molecule has 124 valence electrons. The third-order valence-corrected chi connectivity index (χ3v) is 3.03. The molecule has 0 aliphatic heterocycles. The maximum atomic E-state index is 11.9. The van der Waals surface area contributed by atoms with Crippen molar-refractivity contribution in [1.29, 1.82) is 5.26 Å². The summed E-state index contributed by atoms with van der Waals surface area (Å²) in [7, 11) is 0. The first-order chi connectivity index (χ1) is 11.2. The Balaban J connectivity index is 2.36. The molecule has 0 aliphatic rings. The number of phenols is 1. The number of hydrogen-bond acceptors (Lipinski definition) is 5. The van der Waals surface area contributed by atoms with Gasteiger partial charge in [0.2, 0.25) is 0 Å². The van der Waals surface area contributed by atoms with Crippen LogP contribution in [0.25, 0.3) is 0 Å². The normalized spacial score (nSPS) is 10.9. The summed E-state index contributed by atoms with van der Waals surface area (Å²) in [4.78, 5) is 11.9. The van der Waals surface area contributed by atoms with E-state index in [0.29, 0.717) is 25.3 Å². The van der Waals surface area contributed by atoms with Gasteiger partial charge in [0.25, 0.3) is 5.91 Å². The number of phenolic OH excluding ortho intramolecular Hbond substituents is 1. The summed E-state index contributed by atoms with van der Waals surface area (Å²) in [5, 5.41) is 24.1. The fourth-order valence-electron chi connectivity index (χ4n) is 1.71. The van der Waals surface area contributed by atoms with E-state index in [4.69, 9.17) is 10.00 Å². The van der Waals surface area contributed by atoms with Crippen LogP contribution in [0.2, 0.25) is 0 Å². The monoisotopic (exact) mass is 317 g/mol. The zero-order chi connectivity index (χ0) is 16.9. The number of rotatable bonds is 10. The maximum Gasteiger partial charge on any atom is 0.263 e. The van der Waals surface area contributed by atoms with Crippen molar-refractivity contribution in [3.8, 4) is 11.8 Å². The standard InChI is InChI=1S/C17H23N3O3/c1-2-3-10-23-11-6-9-19-17(22)14(12-18)13-20-15-7-4-5-8-16(15)21/h4-5,7-8,13,20-21H,2-3,6,9-11H2,1H3,(H,19,22)/b14-13-. The molecule has 0 spiro atoms. The summed E-state index contributed by atoms with van der Waals surface area (Å²) in [6.07, 6.45) is 4.10. The van der Waals surface area contributed by atoms with Gasteiger partial charge in [-0.2, -0.15) is 5.26 Å². The first-order valence-electron chi connectivity index (χ1n) is 7.69. The van der Waals surface area contributed by atoms with Crippen LogP contribution in [0.1, 0.15) is 26.2 Å². The SMILES string of the molecule is CCCCOCCCNC(=O)/C(C#N)=C\Nc1ccccc1O. The number of nitriles is 1. The first-order valence-corrected chi connectivity index (χ1v) is 7.69. The summed E-state index contributed by atoms with van der Waals surface area (Å²) in [5.41, 5.74) is 0.373. The van der Waals surface area contributed by atoms with Crippen LogP contribution in [0.4, 0.5) is 5.69 Å². The van der Waals surface area contributed by atoms with Crippen LogP contribution in [0.15, 0.2) is 36.0 Å². The van der Waals surface area contributed by atoms with Gasteiger partial charge in [-0.15, -0.1) is 0 Å². The molecular weight excluding hydrogens is 294 g/mol. The van der Waals surface area contributed by atoms with Crippen molar-refractivity contribution in [2.45, 2.75) is 26.2 Å². The smallest absolute Gasteiger partial charge is 0.263 e. The third-order valence-electron chi connectivity index (χ3n) is 3.03. The zero-order valence-electron chi connectivity index (χ0n) is 13.3. The molecule has 1 aromatic carbocycles. The topological polar surface area (TPSA) is 94.4 Å². The lowest BCUT2D eigenvalue weighted by Crippen LogP contribution is -2.26. The molecule has 1 rings (SSSR count). The number of carbonyl (C=O) groups excluding carboxylic acids is 1. The Hall–Kier alpha value is -2.52. The fraction of sp³-hybridized carbons (Fsp3) is 0.412. The largest absolute Gasteiger partial charge is 0.506 e. The van der Waals surface area contributed by atoms with Crippen LogP contribution >= 0.6 is 0 Å². The number of unbranched alkanes of at least 4 members (excludes halogenated alkanes) is 1. The van der Waals surface area contributed by atoms with Gasteiger partial charge < -0.3 is 20.5 Å². The number of para-hydroxylation sites is 2. The minimum absolute atomic E-state index is 0.0469. The van der Waals surface area contributed by atoms with Crippen LogP contribution in [0.5, 0.6) is 5.75 Å². The van der Waals surface area contributed by atoms with Crippen molar-refractivity contribution in [2.75, 3.05) is 25.1 Å². The molecular formula is C17H23N3O3. The van der Waals surface area contributed by atoms with E-state index in [0.717, 1.165) is 19.4 Å². The minimum Gasteiger partial charge on any atom is -0.506 e. The van der Waals surface area contributed by atoms with Crippen molar-refractivity contribution in [1.82, 2.24) is 5.32 Å². The van der Waals surface area contributed by atoms with Crippen LogP contribution < -0.4 is 10.6 Å². The zero-order valence-corrected chi connectivity index (χ0v) is 13.3. The van der Waals surface area contributed by atoms with Crippen molar-refractivity contribution in [3.05, 3.63) is 36.0 Å². The van der Waals surface area contributed by atoms with E-state index in [2.05, 4.69) is 17.6 Å². The van der Waals surface area contributed by atoms with Gasteiger partial charge >= 0.3 is 0 Å². The van der Waals surface area contributed by atoms with Gasteiger partial charge in [0.15, 0.2) is 0 Å². The average molecular weight is 317 g/mol. The summed E-state index contributed by atoms with van der Waals surface area (Å²) >= 11 is 0. The lowest BCUT2D eigenvalue weighted by Gasteiger charge is -2.06. The molecule has 1 aromatic rings. The highest BCUT2D eigenvalue weighted by molar-refractivity contribution is 5.97. The number of aromatic hydroxyl groups is 1. The second kappa shape index (κ2) is 11.1. The number of carbonyl (C=O) groups is 1. The first kappa shape index (κ1) is 18.5. The third kappa shape index (κ3) is 7.34. The number of hydrogen-bond donors (Lipinski definition) is 3. The molecule has 0 bridgehead atoms. The van der Waals surface area contributed by atoms with Gasteiger partial charge in [-0.05, 0) is 25.0 Å². The van der Waals surface area contributed by atoms with E-state index in [1.54, 1.807) is 18.2 Å². The van der Waals surface area contributed by atoms with E-state index in [1.165, 1.54) is 12.3 Å². The molecule has 0 saturated carbocycles. The van der Waals surface area contributed by atoms with E-state index in [1.807, 2.05) is 6.07 Å².